The first-order valence-corrected chi connectivity index (χ1v) is 7.81. The van der Waals surface area contributed by atoms with E-state index in [0.29, 0.717) is 0 Å². The largest absolute Gasteiger partial charge is 0.598 e. The van der Waals surface area contributed by atoms with Crippen LogP contribution in [-0.4, -0.2) is 14.3 Å². The Labute approximate surface area is 120 Å². The van der Waals surface area contributed by atoms with E-state index < -0.39 is 11.4 Å². The van der Waals surface area contributed by atoms with Crippen molar-refractivity contribution in [2.75, 3.05) is 0 Å². The van der Waals surface area contributed by atoms with Gasteiger partial charge in [0.25, 0.3) is 0 Å². The Hall–Kier alpha value is -0.580. The third-order valence-corrected chi connectivity index (χ3v) is 4.57. The van der Waals surface area contributed by atoms with Crippen LogP contribution in [0.4, 0.5) is 0 Å². The first kappa shape index (κ1) is 16.5. The van der Waals surface area contributed by atoms with Gasteiger partial charge in [-0.1, -0.05) is 26.8 Å². The minimum atomic E-state index is -1.07. The van der Waals surface area contributed by atoms with Gasteiger partial charge in [-0.2, -0.15) is 0 Å². The highest BCUT2D eigenvalue weighted by Gasteiger charge is 2.28. The molecule has 1 aromatic rings. The van der Waals surface area contributed by atoms with Gasteiger partial charge in [-0.25, -0.2) is 0 Å². The van der Waals surface area contributed by atoms with Crippen molar-refractivity contribution in [1.29, 1.82) is 0 Å². The Kier molecular flexibility index (Phi) is 5.04. The van der Waals surface area contributed by atoms with Crippen LogP contribution in [0.5, 0.6) is 0 Å². The van der Waals surface area contributed by atoms with Crippen LogP contribution in [0.2, 0.25) is 0 Å². The van der Waals surface area contributed by atoms with E-state index >= 15 is 0 Å². The molecule has 1 aromatic heterocycles. The van der Waals surface area contributed by atoms with Crippen molar-refractivity contribution in [2.24, 2.45) is 0 Å². The van der Waals surface area contributed by atoms with Crippen LogP contribution in [0.15, 0.2) is 18.3 Å². The van der Waals surface area contributed by atoms with Gasteiger partial charge >= 0.3 is 0 Å². The van der Waals surface area contributed by atoms with Gasteiger partial charge in [0.05, 0.1) is 6.04 Å². The lowest BCUT2D eigenvalue weighted by Crippen LogP contribution is -2.40. The Morgan fingerprint density at radius 2 is 1.74 bits per heavy atom. The van der Waals surface area contributed by atoms with Gasteiger partial charge in [0.1, 0.15) is 4.75 Å². The van der Waals surface area contributed by atoms with Crippen molar-refractivity contribution < 1.29 is 4.55 Å². The van der Waals surface area contributed by atoms with Crippen molar-refractivity contribution in [3.63, 3.8) is 0 Å². The normalized spacial score (nSPS) is 16.2. The summed E-state index contributed by atoms with van der Waals surface area (Å²) in [6.07, 6.45) is 1.87. The van der Waals surface area contributed by atoms with Crippen molar-refractivity contribution in [3.05, 3.63) is 29.6 Å². The minimum absolute atomic E-state index is 0.0292. The van der Waals surface area contributed by atoms with E-state index in [1.807, 2.05) is 40.0 Å². The third-order valence-electron chi connectivity index (χ3n) is 2.89. The van der Waals surface area contributed by atoms with Gasteiger partial charge in [0, 0.05) is 28.7 Å². The highest BCUT2D eigenvalue weighted by Crippen LogP contribution is 2.23. The first-order valence-electron chi connectivity index (χ1n) is 6.66. The average molecular weight is 282 g/mol. The summed E-state index contributed by atoms with van der Waals surface area (Å²) in [5, 5.41) is 0. The van der Waals surface area contributed by atoms with Crippen molar-refractivity contribution in [1.82, 2.24) is 9.71 Å². The molecule has 0 spiro atoms. The predicted molar refractivity (Wildman–Crippen MR) is 82.4 cm³/mol. The fourth-order valence-electron chi connectivity index (χ4n) is 1.51. The molecule has 0 saturated heterocycles. The molecule has 108 valence electrons. The van der Waals surface area contributed by atoms with E-state index in [4.69, 9.17) is 0 Å². The van der Waals surface area contributed by atoms with E-state index in [1.54, 1.807) is 0 Å². The Morgan fingerprint density at radius 1 is 1.16 bits per heavy atom. The van der Waals surface area contributed by atoms with Crippen LogP contribution in [0.3, 0.4) is 0 Å². The van der Waals surface area contributed by atoms with Gasteiger partial charge in [0.2, 0.25) is 0 Å². The molecule has 1 N–H and O–H groups in total. The van der Waals surface area contributed by atoms with Crippen LogP contribution in [0.25, 0.3) is 0 Å². The van der Waals surface area contributed by atoms with Gasteiger partial charge < -0.3 is 4.55 Å². The summed E-state index contributed by atoms with van der Waals surface area (Å²) in [5.74, 6) is 0. The summed E-state index contributed by atoms with van der Waals surface area (Å²) in [7, 11) is 0. The number of nitrogens with zero attached hydrogens (tertiary/aromatic N) is 1. The monoisotopic (exact) mass is 282 g/mol. The summed E-state index contributed by atoms with van der Waals surface area (Å²) in [6.45, 7) is 14.3. The zero-order valence-electron chi connectivity index (χ0n) is 13.1. The summed E-state index contributed by atoms with van der Waals surface area (Å²) in [6, 6.07) is 4.14. The number of pyridine rings is 1. The van der Waals surface area contributed by atoms with E-state index in [0.717, 1.165) is 11.3 Å². The maximum absolute atomic E-state index is 12.1. The van der Waals surface area contributed by atoms with E-state index in [-0.39, 0.29) is 16.2 Å². The molecule has 0 aliphatic carbocycles. The van der Waals surface area contributed by atoms with Gasteiger partial charge in [-0.05, 0) is 39.3 Å². The zero-order chi connectivity index (χ0) is 14.8. The van der Waals surface area contributed by atoms with Gasteiger partial charge in [0.15, 0.2) is 0 Å². The lowest BCUT2D eigenvalue weighted by molar-refractivity contribution is 0.530. The quantitative estimate of drug-likeness (QED) is 0.863. The van der Waals surface area contributed by atoms with E-state index in [1.165, 1.54) is 0 Å². The molecule has 4 heteroatoms. The van der Waals surface area contributed by atoms with Crippen molar-refractivity contribution in [3.8, 4) is 0 Å². The lowest BCUT2D eigenvalue weighted by atomic mass is 9.91. The number of aromatic nitrogens is 1. The van der Waals surface area contributed by atoms with E-state index in [9.17, 15) is 4.55 Å². The first-order chi connectivity index (χ1) is 8.51. The number of rotatable bonds is 3. The van der Waals surface area contributed by atoms with Crippen molar-refractivity contribution in [2.45, 2.75) is 64.7 Å². The summed E-state index contributed by atoms with van der Waals surface area (Å²) >= 11 is -1.07. The smallest absolute Gasteiger partial charge is 0.136 e. The van der Waals surface area contributed by atoms with Crippen molar-refractivity contribution >= 4 is 11.4 Å². The maximum Gasteiger partial charge on any atom is 0.136 e. The molecule has 0 aliphatic heterocycles. The molecule has 0 saturated carbocycles. The SMILES string of the molecule is CC(N[S+]([O-])C(C)(C)C)c1ccc(C(C)(C)C)nc1. The molecule has 0 aromatic carbocycles. The standard InChI is InChI=1S/C15H26N2OS/c1-11(17-19(18)15(5,6)7)12-8-9-13(16-10-12)14(2,3)4/h8-11,17H,1-7H3. The van der Waals surface area contributed by atoms with Crippen LogP contribution in [-0.2, 0) is 16.8 Å². The van der Waals surface area contributed by atoms with Gasteiger partial charge in [-0.3, -0.25) is 4.98 Å². The number of hydrogen-bond donors (Lipinski definition) is 1. The second-order valence-electron chi connectivity index (χ2n) is 6.95. The molecular weight excluding hydrogens is 256 g/mol. The molecule has 1 rings (SSSR count). The van der Waals surface area contributed by atoms with Crippen LogP contribution in [0.1, 0.15) is 65.8 Å². The molecule has 2 unspecified atom stereocenters. The maximum atomic E-state index is 12.1. The Balaban J connectivity index is 2.76. The fourth-order valence-corrected chi connectivity index (χ4v) is 2.32. The lowest BCUT2D eigenvalue weighted by Gasteiger charge is -2.26. The Bertz CT molecular complexity index is 404. The average Bonchev–Trinajstić information content (AvgIpc) is 2.26. The highest BCUT2D eigenvalue weighted by molar-refractivity contribution is 7.90. The molecule has 2 atom stereocenters. The molecule has 0 aliphatic rings. The van der Waals surface area contributed by atoms with E-state index in [2.05, 4.69) is 36.5 Å². The summed E-state index contributed by atoms with van der Waals surface area (Å²) in [5.41, 5.74) is 2.19. The fraction of sp³-hybridized carbons (Fsp3) is 0.667. The van der Waals surface area contributed by atoms with Gasteiger partial charge in [-0.15, -0.1) is 4.72 Å². The molecule has 0 bridgehead atoms. The molecule has 1 heterocycles. The van der Waals surface area contributed by atoms with Crippen LogP contribution < -0.4 is 4.72 Å². The molecule has 0 amide bonds. The minimum Gasteiger partial charge on any atom is -0.598 e. The number of nitrogens with one attached hydrogen (secondary N) is 1. The molecular formula is C15H26N2OS. The zero-order valence-corrected chi connectivity index (χ0v) is 13.9. The topological polar surface area (TPSA) is 48.0 Å². The molecule has 0 radical (unpaired) electrons. The molecule has 0 fully saturated rings. The van der Waals surface area contributed by atoms with Crippen LogP contribution >= 0.6 is 0 Å². The molecule has 19 heavy (non-hydrogen) atoms. The summed E-state index contributed by atoms with van der Waals surface area (Å²) < 4.78 is 14.9. The highest BCUT2D eigenvalue weighted by atomic mass is 32.2. The third kappa shape index (κ3) is 4.79. The Morgan fingerprint density at radius 3 is 2.11 bits per heavy atom. The second-order valence-corrected chi connectivity index (χ2v) is 8.95. The predicted octanol–water partition coefficient (Wildman–Crippen LogP) is 3.49. The number of hydrogen-bond acceptors (Lipinski definition) is 3. The molecule has 3 nitrogen and oxygen atoms in total. The van der Waals surface area contributed by atoms with Crippen LogP contribution in [0, 0.1) is 0 Å². The second kappa shape index (κ2) is 5.81. The summed E-state index contributed by atoms with van der Waals surface area (Å²) in [4.78, 5) is 4.50.